The number of aliphatic hydroxyl groups excluding tert-OH is 2. The minimum Gasteiger partial charge on any atom is -0.491 e. The van der Waals surface area contributed by atoms with Crippen LogP contribution in [-0.4, -0.2) is 47.7 Å². The van der Waals surface area contributed by atoms with Gasteiger partial charge in [-0.25, -0.2) is 13.2 Å². The summed E-state index contributed by atoms with van der Waals surface area (Å²) in [6.07, 6.45) is -6.15. The lowest BCUT2D eigenvalue weighted by molar-refractivity contribution is -0.313. The summed E-state index contributed by atoms with van der Waals surface area (Å²) in [5, 5.41) is 21.2. The van der Waals surface area contributed by atoms with Gasteiger partial charge in [0.05, 0.1) is 19.3 Å². The molecule has 0 aromatic heterocycles. The normalized spacial score (nSPS) is 30.1. The van der Waals surface area contributed by atoms with Gasteiger partial charge >= 0.3 is 0 Å². The number of aliphatic hydroxyl groups is 2. The molecule has 2 aromatic rings. The predicted molar refractivity (Wildman–Crippen MR) is 106 cm³/mol. The number of fused-ring (bicyclic) bond motifs is 2. The van der Waals surface area contributed by atoms with Gasteiger partial charge in [0, 0.05) is 17.0 Å². The number of ether oxygens (including phenoxy) is 3. The van der Waals surface area contributed by atoms with Crippen molar-refractivity contribution in [2.75, 3.05) is 13.2 Å². The smallest absolute Gasteiger partial charge is 0.269 e. The third-order valence-electron chi connectivity index (χ3n) is 5.73. The minimum absolute atomic E-state index is 0.139. The van der Waals surface area contributed by atoms with E-state index < -0.39 is 48.9 Å². The van der Waals surface area contributed by atoms with E-state index in [1.165, 1.54) is 24.3 Å². The molecule has 2 bridgehead atoms. The van der Waals surface area contributed by atoms with Crippen LogP contribution in [0.25, 0.3) is 0 Å². The molecule has 5 nitrogen and oxygen atoms in total. The zero-order chi connectivity index (χ0) is 22.4. The monoisotopic (exact) mass is 458 g/mol. The summed E-state index contributed by atoms with van der Waals surface area (Å²) in [5.41, 5.74) is -0.605. The van der Waals surface area contributed by atoms with Gasteiger partial charge in [0.15, 0.2) is 17.2 Å². The van der Waals surface area contributed by atoms with Crippen LogP contribution in [0.5, 0.6) is 5.75 Å². The fourth-order valence-electron chi connectivity index (χ4n) is 4.14. The predicted octanol–water partition coefficient (Wildman–Crippen LogP) is 3.80. The molecule has 0 saturated carbocycles. The Morgan fingerprint density at radius 3 is 2.68 bits per heavy atom. The Kier molecular flexibility index (Phi) is 5.95. The molecule has 2 fully saturated rings. The van der Waals surface area contributed by atoms with E-state index in [9.17, 15) is 23.4 Å². The highest BCUT2D eigenvalue weighted by Gasteiger charge is 2.66. The second-order valence-electron chi connectivity index (χ2n) is 7.82. The van der Waals surface area contributed by atoms with Gasteiger partial charge in [0.2, 0.25) is 5.79 Å². The molecule has 0 amide bonds. The number of benzene rings is 2. The first kappa shape index (κ1) is 22.4. The number of halogens is 4. The topological polar surface area (TPSA) is 68.2 Å². The van der Waals surface area contributed by atoms with Crippen LogP contribution >= 0.6 is 11.6 Å². The van der Waals surface area contributed by atoms with Crippen molar-refractivity contribution in [1.82, 2.24) is 0 Å². The average molecular weight is 459 g/mol. The quantitative estimate of drug-likeness (QED) is 0.689. The number of alkyl halides is 2. The van der Waals surface area contributed by atoms with Crippen LogP contribution in [0.4, 0.5) is 13.2 Å². The molecule has 2 saturated heterocycles. The zero-order valence-corrected chi connectivity index (χ0v) is 17.4. The van der Waals surface area contributed by atoms with E-state index >= 15 is 0 Å². The molecule has 4 rings (SSSR count). The fourth-order valence-corrected chi connectivity index (χ4v) is 4.32. The van der Waals surface area contributed by atoms with Crippen molar-refractivity contribution in [3.63, 3.8) is 0 Å². The first-order chi connectivity index (χ1) is 14.7. The van der Waals surface area contributed by atoms with Gasteiger partial charge < -0.3 is 24.4 Å². The standard InChI is InChI=1S/C22H22ClF3O5/c1-2-29-18-6-3-12(8-16(18)24)7-13-9-14(4-5-15(13)23)22-19(28)17(27)10-21(31-22,11-30-22)20(25)26/h3-6,8-9,17,19-20,27-28H,2,7,10-11H2,1H3/t17-,19+,21+,22-/m0/s1. The van der Waals surface area contributed by atoms with Crippen molar-refractivity contribution in [1.29, 1.82) is 0 Å². The van der Waals surface area contributed by atoms with Crippen molar-refractivity contribution >= 4 is 11.6 Å². The Morgan fingerprint density at radius 1 is 1.23 bits per heavy atom. The van der Waals surface area contributed by atoms with Gasteiger partial charge in [-0.2, -0.15) is 0 Å². The molecular formula is C22H22ClF3O5. The minimum atomic E-state index is -2.91. The van der Waals surface area contributed by atoms with Crippen LogP contribution in [-0.2, 0) is 21.7 Å². The lowest BCUT2D eigenvalue weighted by Crippen LogP contribution is -2.58. The number of rotatable bonds is 6. The second kappa shape index (κ2) is 8.26. The van der Waals surface area contributed by atoms with Gasteiger partial charge in [-0.05, 0) is 48.7 Å². The maximum atomic E-state index is 14.2. The molecule has 0 radical (unpaired) electrons. The zero-order valence-electron chi connectivity index (χ0n) is 16.7. The van der Waals surface area contributed by atoms with Gasteiger partial charge in [-0.15, -0.1) is 0 Å². The van der Waals surface area contributed by atoms with Crippen molar-refractivity contribution in [3.8, 4) is 5.75 Å². The molecule has 2 aliphatic rings. The summed E-state index contributed by atoms with van der Waals surface area (Å²) in [6.45, 7) is 1.62. The lowest BCUT2D eigenvalue weighted by atomic mass is 9.85. The third-order valence-corrected chi connectivity index (χ3v) is 6.10. The highest BCUT2D eigenvalue weighted by Crippen LogP contribution is 2.51. The van der Waals surface area contributed by atoms with Crippen LogP contribution in [0.3, 0.4) is 0 Å². The van der Waals surface area contributed by atoms with E-state index in [4.69, 9.17) is 25.8 Å². The lowest BCUT2D eigenvalue weighted by Gasteiger charge is -2.43. The summed E-state index contributed by atoms with van der Waals surface area (Å²) in [7, 11) is 0. The molecule has 31 heavy (non-hydrogen) atoms. The second-order valence-corrected chi connectivity index (χ2v) is 8.23. The summed E-state index contributed by atoms with van der Waals surface area (Å²) >= 11 is 6.32. The van der Waals surface area contributed by atoms with Crippen LogP contribution < -0.4 is 4.74 Å². The van der Waals surface area contributed by atoms with E-state index in [0.29, 0.717) is 22.8 Å². The Balaban J connectivity index is 1.67. The Bertz CT molecular complexity index is 974. The maximum Gasteiger partial charge on any atom is 0.269 e. The number of hydrogen-bond donors (Lipinski definition) is 2. The summed E-state index contributed by atoms with van der Waals surface area (Å²) in [6, 6.07) is 9.11. The third kappa shape index (κ3) is 3.81. The first-order valence-corrected chi connectivity index (χ1v) is 10.3. The van der Waals surface area contributed by atoms with E-state index in [2.05, 4.69) is 0 Å². The number of hydrogen-bond acceptors (Lipinski definition) is 5. The SMILES string of the molecule is CCOc1ccc(Cc2cc([C@@]34OC[C@@](C(F)F)(C[C@H](O)[C@H]3O)O4)ccc2Cl)cc1F. The van der Waals surface area contributed by atoms with E-state index in [1.807, 2.05) is 0 Å². The fraction of sp³-hybridized carbons (Fsp3) is 0.455. The average Bonchev–Trinajstić information content (AvgIpc) is 3.08. The molecule has 168 valence electrons. The molecule has 2 aromatic carbocycles. The Labute approximate surface area is 182 Å². The largest absolute Gasteiger partial charge is 0.491 e. The van der Waals surface area contributed by atoms with Crippen molar-refractivity contribution in [3.05, 3.63) is 63.9 Å². The molecule has 0 unspecified atom stereocenters. The first-order valence-electron chi connectivity index (χ1n) is 9.89. The van der Waals surface area contributed by atoms with Crippen molar-refractivity contribution in [2.24, 2.45) is 0 Å². The van der Waals surface area contributed by atoms with Crippen molar-refractivity contribution in [2.45, 2.75) is 49.8 Å². The van der Waals surface area contributed by atoms with E-state index in [-0.39, 0.29) is 17.7 Å². The molecule has 4 atom stereocenters. The van der Waals surface area contributed by atoms with Crippen LogP contribution in [0, 0.1) is 5.82 Å². The molecule has 0 aliphatic carbocycles. The highest BCUT2D eigenvalue weighted by molar-refractivity contribution is 6.31. The molecule has 0 spiro atoms. The molecule has 2 aliphatic heterocycles. The van der Waals surface area contributed by atoms with Gasteiger partial charge in [-0.1, -0.05) is 23.7 Å². The summed E-state index contributed by atoms with van der Waals surface area (Å²) in [5.74, 6) is -2.32. The molecule has 9 heteroatoms. The molecule has 2 heterocycles. The van der Waals surface area contributed by atoms with Crippen LogP contribution in [0.15, 0.2) is 36.4 Å². The van der Waals surface area contributed by atoms with Crippen molar-refractivity contribution < 1.29 is 37.6 Å². The van der Waals surface area contributed by atoms with Gasteiger partial charge in [0.25, 0.3) is 6.43 Å². The van der Waals surface area contributed by atoms with E-state index in [0.717, 1.165) is 0 Å². The Morgan fingerprint density at radius 2 is 2.00 bits per heavy atom. The summed E-state index contributed by atoms with van der Waals surface area (Å²) in [4.78, 5) is 0. The highest BCUT2D eigenvalue weighted by atomic mass is 35.5. The van der Waals surface area contributed by atoms with Crippen LogP contribution in [0.2, 0.25) is 5.02 Å². The van der Waals surface area contributed by atoms with Gasteiger partial charge in [0.1, 0.15) is 6.10 Å². The molecular weight excluding hydrogens is 437 g/mol. The molecule has 2 N–H and O–H groups in total. The van der Waals surface area contributed by atoms with E-state index in [1.54, 1.807) is 19.1 Å². The maximum absolute atomic E-state index is 14.2. The van der Waals surface area contributed by atoms with Crippen LogP contribution in [0.1, 0.15) is 30.0 Å². The Hall–Kier alpha value is -1.84. The summed E-state index contributed by atoms with van der Waals surface area (Å²) < 4.78 is 58.0. The van der Waals surface area contributed by atoms with Gasteiger partial charge in [-0.3, -0.25) is 0 Å².